The molecule has 0 amide bonds. The Labute approximate surface area is 73.9 Å². The van der Waals surface area contributed by atoms with Crippen molar-refractivity contribution in [2.45, 2.75) is 0 Å². The van der Waals surface area contributed by atoms with Crippen LogP contribution in [0.2, 0.25) is 0 Å². The average Bonchev–Trinajstić information content (AvgIpc) is 1.88. The van der Waals surface area contributed by atoms with Gasteiger partial charge in [0.1, 0.15) is 0 Å². The zero-order valence-corrected chi connectivity index (χ0v) is 7.84. The largest absolute Gasteiger partial charge is 1.00 e. The van der Waals surface area contributed by atoms with Gasteiger partial charge in [-0.05, 0) is 6.07 Å². The molecule has 0 aliphatic carbocycles. The van der Waals surface area contributed by atoms with E-state index in [-0.39, 0.29) is 12.4 Å². The van der Waals surface area contributed by atoms with E-state index in [1.807, 2.05) is 24.4 Å². The average molecular weight is 173 g/mol. The molecule has 1 heterocycles. The van der Waals surface area contributed by atoms with Gasteiger partial charge in [0, 0.05) is 12.3 Å². The van der Waals surface area contributed by atoms with Gasteiger partial charge in [0.05, 0.1) is 21.1 Å². The van der Waals surface area contributed by atoms with Crippen molar-refractivity contribution in [3.63, 3.8) is 0 Å². The van der Waals surface area contributed by atoms with Crippen molar-refractivity contribution >= 4 is 5.82 Å². The summed E-state index contributed by atoms with van der Waals surface area (Å²) in [7, 11) is 6.30. The third-order valence-electron chi connectivity index (χ3n) is 1.34. The quantitative estimate of drug-likeness (QED) is 0.460. The molecule has 2 nitrogen and oxygen atoms in total. The van der Waals surface area contributed by atoms with E-state index in [0.717, 1.165) is 10.3 Å². The van der Waals surface area contributed by atoms with Crippen LogP contribution in [0.5, 0.6) is 0 Å². The van der Waals surface area contributed by atoms with Crippen LogP contribution in [0.15, 0.2) is 24.4 Å². The monoisotopic (exact) mass is 172 g/mol. The lowest BCUT2D eigenvalue weighted by atomic mass is 10.4. The standard InChI is InChI=1S/C8H13N2.ClH/c1-10(2,3)8-6-4-5-7-9-8;/h4-7H,1-3H3;1H/q+1;/p-1. The van der Waals surface area contributed by atoms with Gasteiger partial charge in [0.15, 0.2) is 0 Å². The van der Waals surface area contributed by atoms with Crippen molar-refractivity contribution in [1.29, 1.82) is 0 Å². The summed E-state index contributed by atoms with van der Waals surface area (Å²) in [5.41, 5.74) is 0. The number of pyridine rings is 1. The van der Waals surface area contributed by atoms with Crippen LogP contribution in [0.25, 0.3) is 0 Å². The SMILES string of the molecule is C[N+](C)(C)c1ccccn1.[Cl-]. The van der Waals surface area contributed by atoms with Crippen molar-refractivity contribution in [2.75, 3.05) is 21.1 Å². The minimum absolute atomic E-state index is 0. The fourth-order valence-electron chi connectivity index (χ4n) is 0.751. The highest BCUT2D eigenvalue weighted by molar-refractivity contribution is 5.30. The Hall–Kier alpha value is -0.600. The number of quaternary nitrogens is 1. The Morgan fingerprint density at radius 3 is 2.09 bits per heavy atom. The first kappa shape index (κ1) is 10.4. The molecule has 1 rings (SSSR count). The van der Waals surface area contributed by atoms with Gasteiger partial charge in [0.25, 0.3) is 0 Å². The number of nitrogens with zero attached hydrogens (tertiary/aromatic N) is 2. The van der Waals surface area contributed by atoms with Crippen LogP contribution >= 0.6 is 0 Å². The lowest BCUT2D eigenvalue weighted by Gasteiger charge is -2.21. The van der Waals surface area contributed by atoms with Crippen LogP contribution < -0.4 is 16.9 Å². The van der Waals surface area contributed by atoms with Gasteiger partial charge < -0.3 is 12.4 Å². The van der Waals surface area contributed by atoms with Gasteiger partial charge in [0.2, 0.25) is 5.82 Å². The van der Waals surface area contributed by atoms with Crippen LogP contribution in [-0.2, 0) is 0 Å². The highest BCUT2D eigenvalue weighted by Gasteiger charge is 2.11. The molecule has 0 N–H and O–H groups in total. The highest BCUT2D eigenvalue weighted by atomic mass is 35.5. The molecule has 0 aliphatic heterocycles. The minimum Gasteiger partial charge on any atom is -1.00 e. The van der Waals surface area contributed by atoms with Crippen LogP contribution in [0.4, 0.5) is 5.82 Å². The predicted molar refractivity (Wildman–Crippen MR) is 43.8 cm³/mol. The lowest BCUT2D eigenvalue weighted by Crippen LogP contribution is -3.00. The summed E-state index contributed by atoms with van der Waals surface area (Å²) in [6, 6.07) is 5.96. The molecule has 1 aromatic rings. The fraction of sp³-hybridized carbons (Fsp3) is 0.375. The molecular formula is C8H13ClN2. The summed E-state index contributed by atoms with van der Waals surface area (Å²) in [5, 5.41) is 0. The van der Waals surface area contributed by atoms with E-state index in [0.29, 0.717) is 0 Å². The first-order valence-corrected chi connectivity index (χ1v) is 3.34. The Morgan fingerprint density at radius 1 is 1.18 bits per heavy atom. The molecule has 0 radical (unpaired) electrons. The Balaban J connectivity index is 0.000001000. The van der Waals surface area contributed by atoms with Gasteiger partial charge in [-0.15, -0.1) is 0 Å². The lowest BCUT2D eigenvalue weighted by molar-refractivity contribution is -0.00000241. The Bertz CT molecular complexity index is 203. The zero-order valence-electron chi connectivity index (χ0n) is 7.08. The molecule has 0 atom stereocenters. The molecule has 0 saturated carbocycles. The van der Waals surface area contributed by atoms with E-state index in [4.69, 9.17) is 0 Å². The summed E-state index contributed by atoms with van der Waals surface area (Å²) >= 11 is 0. The van der Waals surface area contributed by atoms with Crippen molar-refractivity contribution in [2.24, 2.45) is 0 Å². The van der Waals surface area contributed by atoms with Gasteiger partial charge in [-0.1, -0.05) is 6.07 Å². The molecule has 0 fully saturated rings. The summed E-state index contributed by atoms with van der Waals surface area (Å²) < 4.78 is 0.779. The summed E-state index contributed by atoms with van der Waals surface area (Å²) in [5.74, 6) is 1.09. The number of rotatable bonds is 1. The van der Waals surface area contributed by atoms with Gasteiger partial charge in [-0.25, -0.2) is 4.98 Å². The van der Waals surface area contributed by atoms with Gasteiger partial charge >= 0.3 is 0 Å². The normalized spacial score (nSPS) is 10.5. The maximum Gasteiger partial charge on any atom is 0.226 e. The van der Waals surface area contributed by atoms with Crippen LogP contribution in [-0.4, -0.2) is 26.1 Å². The van der Waals surface area contributed by atoms with Crippen molar-refractivity contribution < 1.29 is 12.4 Å². The Morgan fingerprint density at radius 2 is 1.82 bits per heavy atom. The Kier molecular flexibility index (Phi) is 3.49. The van der Waals surface area contributed by atoms with Crippen molar-refractivity contribution in [1.82, 2.24) is 9.47 Å². The second-order valence-electron chi connectivity index (χ2n) is 3.20. The van der Waals surface area contributed by atoms with E-state index in [1.165, 1.54) is 0 Å². The third kappa shape index (κ3) is 2.87. The molecule has 0 saturated heterocycles. The maximum atomic E-state index is 4.22. The van der Waals surface area contributed by atoms with E-state index >= 15 is 0 Å². The maximum absolute atomic E-state index is 4.22. The molecule has 0 unspecified atom stereocenters. The molecule has 3 heteroatoms. The van der Waals surface area contributed by atoms with E-state index in [9.17, 15) is 0 Å². The second kappa shape index (κ2) is 3.69. The topological polar surface area (TPSA) is 12.9 Å². The van der Waals surface area contributed by atoms with Crippen molar-refractivity contribution in [3.8, 4) is 0 Å². The van der Waals surface area contributed by atoms with Crippen LogP contribution in [0.1, 0.15) is 0 Å². The highest BCUT2D eigenvalue weighted by Crippen LogP contribution is 2.09. The van der Waals surface area contributed by atoms with Crippen LogP contribution in [0, 0.1) is 0 Å². The summed E-state index contributed by atoms with van der Waals surface area (Å²) in [6.45, 7) is 0. The summed E-state index contributed by atoms with van der Waals surface area (Å²) in [6.07, 6.45) is 1.82. The number of aromatic nitrogens is 1. The first-order valence-electron chi connectivity index (χ1n) is 3.34. The molecule has 0 aromatic carbocycles. The first-order chi connectivity index (χ1) is 4.61. The van der Waals surface area contributed by atoms with Gasteiger partial charge in [-0.3, -0.25) is 4.48 Å². The molecule has 0 bridgehead atoms. The minimum atomic E-state index is 0. The molecule has 0 aliphatic rings. The zero-order chi connectivity index (χ0) is 7.61. The molecule has 0 spiro atoms. The van der Waals surface area contributed by atoms with E-state index in [2.05, 4.69) is 26.1 Å². The molecule has 1 aromatic heterocycles. The smallest absolute Gasteiger partial charge is 0.226 e. The molecule has 11 heavy (non-hydrogen) atoms. The van der Waals surface area contributed by atoms with E-state index < -0.39 is 0 Å². The number of halogens is 1. The third-order valence-corrected chi connectivity index (χ3v) is 1.34. The summed E-state index contributed by atoms with van der Waals surface area (Å²) in [4.78, 5) is 4.22. The second-order valence-corrected chi connectivity index (χ2v) is 3.20. The van der Waals surface area contributed by atoms with E-state index in [1.54, 1.807) is 0 Å². The van der Waals surface area contributed by atoms with Gasteiger partial charge in [-0.2, -0.15) is 0 Å². The number of hydrogen-bond donors (Lipinski definition) is 0. The predicted octanol–water partition coefficient (Wildman–Crippen LogP) is -1.72. The van der Waals surface area contributed by atoms with Crippen LogP contribution in [0.3, 0.4) is 0 Å². The fourth-order valence-corrected chi connectivity index (χ4v) is 0.751. The molecular weight excluding hydrogens is 160 g/mol. The van der Waals surface area contributed by atoms with Crippen molar-refractivity contribution in [3.05, 3.63) is 24.4 Å². The number of hydrogen-bond acceptors (Lipinski definition) is 1. The molecule has 62 valence electrons.